The van der Waals surface area contributed by atoms with Crippen LogP contribution in [0.4, 0.5) is 0 Å². The number of carbonyl (C=O) groups is 1. The molecule has 1 aliphatic carbocycles. The molecule has 1 aromatic carbocycles. The molecule has 0 amide bonds. The molecule has 1 aromatic heterocycles. The van der Waals surface area contributed by atoms with Crippen LogP contribution in [0, 0.1) is 0 Å². The summed E-state index contributed by atoms with van der Waals surface area (Å²) in [5.41, 5.74) is 3.76. The topological polar surface area (TPSA) is 30.0 Å². The molecule has 0 saturated heterocycles. The van der Waals surface area contributed by atoms with E-state index in [9.17, 15) is 4.79 Å². The minimum Gasteiger partial charge on any atom is -0.294 e. The minimum absolute atomic E-state index is 0.0768. The Kier molecular flexibility index (Phi) is 2.11. The maximum Gasteiger partial charge on any atom is 0.165 e. The third-order valence-electron chi connectivity index (χ3n) is 3.39. The van der Waals surface area contributed by atoms with Crippen LogP contribution in [0.5, 0.6) is 0 Å². The van der Waals surface area contributed by atoms with Gasteiger partial charge in [-0.15, -0.1) is 0 Å². The summed E-state index contributed by atoms with van der Waals surface area (Å²) in [4.78, 5) is 16.6. The molecule has 2 heteroatoms. The van der Waals surface area contributed by atoms with E-state index in [1.54, 1.807) is 0 Å². The van der Waals surface area contributed by atoms with Gasteiger partial charge in [0.25, 0.3) is 0 Å². The number of pyridine rings is 1. The smallest absolute Gasteiger partial charge is 0.165 e. The molecule has 1 atom stereocenters. The Morgan fingerprint density at radius 2 is 2.00 bits per heavy atom. The Balaban J connectivity index is 2.33. The van der Waals surface area contributed by atoms with Crippen LogP contribution in [0.3, 0.4) is 0 Å². The van der Waals surface area contributed by atoms with Gasteiger partial charge in [-0.05, 0) is 36.3 Å². The molecule has 2 aromatic rings. The van der Waals surface area contributed by atoms with Gasteiger partial charge in [0.2, 0.25) is 0 Å². The van der Waals surface area contributed by atoms with Gasteiger partial charge in [-0.1, -0.05) is 25.1 Å². The van der Waals surface area contributed by atoms with Gasteiger partial charge in [-0.25, -0.2) is 4.98 Å². The number of nitrogens with zero attached hydrogens (tertiary/aromatic N) is 1. The Hall–Kier alpha value is -1.96. The number of aromatic nitrogens is 1. The summed E-state index contributed by atoms with van der Waals surface area (Å²) in [7, 11) is 0. The minimum atomic E-state index is -0.0768. The van der Waals surface area contributed by atoms with Gasteiger partial charge in [-0.3, -0.25) is 4.79 Å². The highest BCUT2D eigenvalue weighted by Crippen LogP contribution is 2.31. The first-order chi connectivity index (χ1) is 8.16. The summed E-state index contributed by atoms with van der Waals surface area (Å²) in [5, 5.41) is 1.10. The van der Waals surface area contributed by atoms with Crippen molar-refractivity contribution in [1.82, 2.24) is 4.98 Å². The molecule has 0 radical (unpaired) electrons. The Bertz CT molecular complexity index is 655. The molecule has 0 saturated carbocycles. The van der Waals surface area contributed by atoms with Gasteiger partial charge >= 0.3 is 0 Å². The predicted molar refractivity (Wildman–Crippen MR) is 68.8 cm³/mol. The molecule has 3 rings (SSSR count). The van der Waals surface area contributed by atoms with Crippen LogP contribution in [0.2, 0.25) is 0 Å². The number of allylic oxidation sites excluding steroid dienone is 1. The molecule has 2 nitrogen and oxygen atoms in total. The number of carbonyl (C=O) groups excluding carboxylic acids is 1. The molecule has 84 valence electrons. The monoisotopic (exact) mass is 223 g/mol. The largest absolute Gasteiger partial charge is 0.294 e. The fraction of sp³-hybridized carbons (Fsp3) is 0.200. The van der Waals surface area contributed by atoms with Crippen molar-refractivity contribution in [3.05, 3.63) is 47.2 Å². The molecule has 1 aliphatic rings. The van der Waals surface area contributed by atoms with E-state index in [1.807, 2.05) is 44.2 Å². The first-order valence-corrected chi connectivity index (χ1v) is 5.79. The van der Waals surface area contributed by atoms with E-state index < -0.39 is 0 Å². The molecule has 0 N–H and O–H groups in total. The fourth-order valence-corrected chi connectivity index (χ4v) is 2.37. The van der Waals surface area contributed by atoms with Crippen molar-refractivity contribution in [1.29, 1.82) is 0 Å². The van der Waals surface area contributed by atoms with Crippen LogP contribution >= 0.6 is 0 Å². The lowest BCUT2D eigenvalue weighted by atomic mass is 9.85. The lowest BCUT2D eigenvalue weighted by molar-refractivity contribution is -0.116. The van der Waals surface area contributed by atoms with Gasteiger partial charge < -0.3 is 0 Å². The van der Waals surface area contributed by atoms with Crippen molar-refractivity contribution in [3.63, 3.8) is 0 Å². The molecule has 0 bridgehead atoms. The second kappa shape index (κ2) is 3.52. The predicted octanol–water partition coefficient (Wildman–Crippen LogP) is 3.32. The van der Waals surface area contributed by atoms with Crippen molar-refractivity contribution in [2.24, 2.45) is 0 Å². The highest BCUT2D eigenvalue weighted by Gasteiger charge is 2.24. The lowest BCUT2D eigenvalue weighted by Gasteiger charge is -2.19. The van der Waals surface area contributed by atoms with E-state index in [0.717, 1.165) is 27.7 Å². The average Bonchev–Trinajstić information content (AvgIpc) is 2.34. The highest BCUT2D eigenvalue weighted by molar-refractivity contribution is 6.06. The summed E-state index contributed by atoms with van der Waals surface area (Å²) in [6, 6.07) is 10.1. The van der Waals surface area contributed by atoms with E-state index >= 15 is 0 Å². The third-order valence-corrected chi connectivity index (χ3v) is 3.39. The zero-order valence-corrected chi connectivity index (χ0v) is 9.90. The second-order valence-corrected chi connectivity index (χ2v) is 4.57. The number of fused-ring (bicyclic) bond motifs is 2. The van der Waals surface area contributed by atoms with Crippen molar-refractivity contribution < 1.29 is 4.79 Å². The van der Waals surface area contributed by atoms with E-state index in [1.165, 1.54) is 0 Å². The lowest BCUT2D eigenvalue weighted by Crippen LogP contribution is -2.16. The first-order valence-electron chi connectivity index (χ1n) is 5.79. The number of Topliss-reactive ketones (excluding diaryl/α,β-unsaturated/α-hetero) is 1. The van der Waals surface area contributed by atoms with Crippen LogP contribution in [-0.2, 0) is 4.79 Å². The quantitative estimate of drug-likeness (QED) is 0.685. The number of benzene rings is 1. The summed E-state index contributed by atoms with van der Waals surface area (Å²) in [5.74, 6) is 0.127. The Labute approximate surface area is 100.0 Å². The molecule has 17 heavy (non-hydrogen) atoms. The van der Waals surface area contributed by atoms with Gasteiger partial charge in [-0.2, -0.15) is 0 Å². The number of para-hydroxylation sites is 1. The SMILES string of the molecule is CC1=Cc2nc3ccccc3cc2C(C)C1=O. The van der Waals surface area contributed by atoms with Gasteiger partial charge in [0.1, 0.15) is 0 Å². The van der Waals surface area contributed by atoms with Gasteiger partial charge in [0.15, 0.2) is 5.78 Å². The normalized spacial score (nSPS) is 19.1. The third kappa shape index (κ3) is 1.48. The number of hydrogen-bond acceptors (Lipinski definition) is 2. The zero-order chi connectivity index (χ0) is 12.0. The molecular weight excluding hydrogens is 210 g/mol. The van der Waals surface area contributed by atoms with Crippen LogP contribution in [0.25, 0.3) is 17.0 Å². The molecular formula is C15H13NO. The number of rotatable bonds is 0. The molecule has 0 aliphatic heterocycles. The number of ketones is 1. The average molecular weight is 223 g/mol. The standard InChI is InChI=1S/C15H13NO/c1-9-7-14-12(10(2)15(9)17)8-11-5-3-4-6-13(11)16-14/h3-8,10H,1-2H3. The van der Waals surface area contributed by atoms with E-state index in [0.29, 0.717) is 0 Å². The number of hydrogen-bond donors (Lipinski definition) is 0. The highest BCUT2D eigenvalue weighted by atomic mass is 16.1. The zero-order valence-electron chi connectivity index (χ0n) is 9.90. The van der Waals surface area contributed by atoms with E-state index in [2.05, 4.69) is 11.1 Å². The van der Waals surface area contributed by atoms with E-state index in [4.69, 9.17) is 0 Å². The van der Waals surface area contributed by atoms with Crippen LogP contribution < -0.4 is 0 Å². The first kappa shape index (κ1) is 10.2. The van der Waals surface area contributed by atoms with E-state index in [-0.39, 0.29) is 11.7 Å². The van der Waals surface area contributed by atoms with Crippen LogP contribution in [0.1, 0.15) is 31.0 Å². The fourth-order valence-electron chi connectivity index (χ4n) is 2.37. The maximum absolute atomic E-state index is 11.9. The molecule has 1 heterocycles. The summed E-state index contributed by atoms with van der Waals surface area (Å²) < 4.78 is 0. The summed E-state index contributed by atoms with van der Waals surface area (Å²) >= 11 is 0. The molecule has 1 unspecified atom stereocenters. The Morgan fingerprint density at radius 1 is 1.24 bits per heavy atom. The van der Waals surface area contributed by atoms with Crippen molar-refractivity contribution in [2.75, 3.05) is 0 Å². The second-order valence-electron chi connectivity index (χ2n) is 4.57. The van der Waals surface area contributed by atoms with Crippen LogP contribution in [0.15, 0.2) is 35.9 Å². The Morgan fingerprint density at radius 3 is 2.82 bits per heavy atom. The van der Waals surface area contributed by atoms with Crippen molar-refractivity contribution in [3.8, 4) is 0 Å². The molecule has 0 spiro atoms. The van der Waals surface area contributed by atoms with Gasteiger partial charge in [0, 0.05) is 11.3 Å². The van der Waals surface area contributed by atoms with Crippen molar-refractivity contribution in [2.45, 2.75) is 19.8 Å². The molecule has 0 fully saturated rings. The van der Waals surface area contributed by atoms with Crippen molar-refractivity contribution >= 4 is 22.8 Å². The van der Waals surface area contributed by atoms with Crippen LogP contribution in [-0.4, -0.2) is 10.8 Å². The summed E-state index contributed by atoms with van der Waals surface area (Å²) in [6.07, 6.45) is 1.89. The summed E-state index contributed by atoms with van der Waals surface area (Å²) in [6.45, 7) is 3.81. The van der Waals surface area contributed by atoms with Gasteiger partial charge in [0.05, 0.1) is 11.2 Å². The maximum atomic E-state index is 11.9.